The third kappa shape index (κ3) is 6.41. The summed E-state index contributed by atoms with van der Waals surface area (Å²) in [6.07, 6.45) is 1.01. The van der Waals surface area contributed by atoms with Crippen LogP contribution in [-0.4, -0.2) is 54.1 Å². The standard InChI is InChI=1S/C22H30N2O3.2ClH/c1-17-5-7-19(8-6-17)24-13-11-23(12-14-24)10-9-18-15-20(25-2)22(27-4)21(16-18)26-3;;/h5-8,15-16H,9-14H2,1-4H3;2*1H. The third-order valence-electron chi connectivity index (χ3n) is 5.51. The van der Waals surface area contributed by atoms with Crippen LogP contribution in [0.5, 0.6) is 17.2 Å². The number of ether oxygens (including phenoxy) is 3. The molecule has 0 radical (unpaired) electrons. The van der Waals surface area contributed by atoms with E-state index in [1.54, 1.807) is 31.1 Å². The first-order valence-electron chi connectivity index (χ1n) is 9.68. The summed E-state index contributed by atoms with van der Waals surface area (Å²) in [7, 11) is 4.97. The van der Waals surface area contributed by atoms with Gasteiger partial charge in [0.1, 0.15) is 31.9 Å². The van der Waals surface area contributed by atoms with Crippen molar-refractivity contribution < 1.29 is 48.8 Å². The lowest BCUT2D eigenvalue weighted by Crippen LogP contribution is -3.26. The van der Waals surface area contributed by atoms with E-state index < -0.39 is 0 Å². The van der Waals surface area contributed by atoms with E-state index >= 15 is 0 Å². The summed E-state index contributed by atoms with van der Waals surface area (Å²) in [5.74, 6) is 2.12. The summed E-state index contributed by atoms with van der Waals surface area (Å²) in [6, 6.07) is 13.1. The first kappa shape index (κ1) is 25.4. The Hall–Kier alpha value is -1.66. The Kier molecular flexibility index (Phi) is 10.6. The Morgan fingerprint density at radius 1 is 0.793 bits per heavy atom. The first-order chi connectivity index (χ1) is 13.1. The van der Waals surface area contributed by atoms with Gasteiger partial charge in [0.05, 0.1) is 27.9 Å². The van der Waals surface area contributed by atoms with Gasteiger partial charge in [-0.15, -0.1) is 0 Å². The maximum Gasteiger partial charge on any atom is 0.203 e. The van der Waals surface area contributed by atoms with Crippen LogP contribution in [0.25, 0.3) is 0 Å². The molecule has 1 saturated heterocycles. The number of quaternary nitrogens is 2. The summed E-state index contributed by atoms with van der Waals surface area (Å²) in [6.45, 7) is 8.05. The molecule has 0 spiro atoms. The molecule has 162 valence electrons. The quantitative estimate of drug-likeness (QED) is 0.449. The van der Waals surface area contributed by atoms with Crippen LogP contribution < -0.4 is 48.8 Å². The molecule has 0 saturated carbocycles. The van der Waals surface area contributed by atoms with E-state index in [0.717, 1.165) is 24.5 Å². The van der Waals surface area contributed by atoms with Crippen LogP contribution in [0.15, 0.2) is 36.4 Å². The Morgan fingerprint density at radius 2 is 1.34 bits per heavy atom. The van der Waals surface area contributed by atoms with Crippen LogP contribution in [0.2, 0.25) is 0 Å². The van der Waals surface area contributed by atoms with E-state index in [0.29, 0.717) is 5.75 Å². The normalized spacial score (nSPS) is 18.2. The van der Waals surface area contributed by atoms with Crippen LogP contribution in [0, 0.1) is 6.92 Å². The van der Waals surface area contributed by atoms with Crippen molar-refractivity contribution in [2.75, 3.05) is 54.1 Å². The zero-order chi connectivity index (χ0) is 19.2. The smallest absolute Gasteiger partial charge is 0.203 e. The molecular weight excluding hydrogens is 411 g/mol. The van der Waals surface area contributed by atoms with Crippen LogP contribution >= 0.6 is 0 Å². The van der Waals surface area contributed by atoms with E-state index in [2.05, 4.69) is 43.3 Å². The van der Waals surface area contributed by atoms with Gasteiger partial charge in [0, 0.05) is 6.42 Å². The topological polar surface area (TPSA) is 36.6 Å². The molecule has 0 atom stereocenters. The largest absolute Gasteiger partial charge is 1.00 e. The minimum Gasteiger partial charge on any atom is -1.00 e. The second-order valence-corrected chi connectivity index (χ2v) is 7.25. The molecule has 0 bridgehead atoms. The number of aryl methyl sites for hydroxylation is 1. The highest BCUT2D eigenvalue weighted by Crippen LogP contribution is 2.38. The van der Waals surface area contributed by atoms with Crippen LogP contribution in [-0.2, 0) is 6.42 Å². The number of hydrogen-bond donors (Lipinski definition) is 2. The van der Waals surface area contributed by atoms with Gasteiger partial charge in [-0.3, -0.25) is 4.90 Å². The highest BCUT2D eigenvalue weighted by atomic mass is 35.5. The fourth-order valence-corrected chi connectivity index (χ4v) is 3.83. The molecular formula is C22H32Cl2N2O3. The zero-order valence-electron chi connectivity index (χ0n) is 17.7. The number of halogens is 2. The van der Waals surface area contributed by atoms with Crippen molar-refractivity contribution in [1.82, 2.24) is 0 Å². The molecule has 0 aliphatic carbocycles. The molecule has 5 nitrogen and oxygen atoms in total. The molecule has 3 rings (SSSR count). The predicted molar refractivity (Wildman–Crippen MR) is 107 cm³/mol. The number of rotatable bonds is 7. The van der Waals surface area contributed by atoms with E-state index in [1.165, 1.54) is 43.0 Å². The molecule has 1 fully saturated rings. The fraction of sp³-hybridized carbons (Fsp3) is 0.455. The van der Waals surface area contributed by atoms with Gasteiger partial charge in [0.15, 0.2) is 11.5 Å². The Balaban J connectivity index is 0.00000210. The minimum absolute atomic E-state index is 0. The summed E-state index contributed by atoms with van der Waals surface area (Å²) < 4.78 is 16.3. The van der Waals surface area contributed by atoms with Crippen molar-refractivity contribution in [3.8, 4) is 17.2 Å². The Labute approximate surface area is 186 Å². The number of benzene rings is 2. The van der Waals surface area contributed by atoms with Crippen molar-refractivity contribution >= 4 is 5.69 Å². The molecule has 2 N–H and O–H groups in total. The highest BCUT2D eigenvalue weighted by Gasteiger charge is 2.24. The maximum absolute atomic E-state index is 5.47. The van der Waals surface area contributed by atoms with Crippen molar-refractivity contribution in [2.24, 2.45) is 0 Å². The lowest BCUT2D eigenvalue weighted by Gasteiger charge is -2.29. The average Bonchev–Trinajstić information content (AvgIpc) is 2.72. The molecule has 29 heavy (non-hydrogen) atoms. The van der Waals surface area contributed by atoms with Gasteiger partial charge in [-0.2, -0.15) is 0 Å². The molecule has 2 aromatic carbocycles. The SMILES string of the molecule is COc1cc(CC[NH+]2CC[NH+](c3ccc(C)cc3)CC2)cc(OC)c1OC.[Cl-].[Cl-]. The number of nitrogens with one attached hydrogen (secondary N) is 2. The van der Waals surface area contributed by atoms with Crippen molar-refractivity contribution in [3.63, 3.8) is 0 Å². The monoisotopic (exact) mass is 442 g/mol. The van der Waals surface area contributed by atoms with Crippen molar-refractivity contribution in [2.45, 2.75) is 13.3 Å². The molecule has 7 heteroatoms. The summed E-state index contributed by atoms with van der Waals surface area (Å²) in [5.41, 5.74) is 3.97. The lowest BCUT2D eigenvalue weighted by molar-refractivity contribution is -0.986. The number of hydrogen-bond acceptors (Lipinski definition) is 3. The fourth-order valence-electron chi connectivity index (χ4n) is 3.83. The predicted octanol–water partition coefficient (Wildman–Crippen LogP) is -5.31. The molecule has 0 aromatic heterocycles. The van der Waals surface area contributed by atoms with Gasteiger partial charge in [0.25, 0.3) is 0 Å². The number of methoxy groups -OCH3 is 3. The van der Waals surface area contributed by atoms with Gasteiger partial charge in [-0.25, -0.2) is 0 Å². The van der Waals surface area contributed by atoms with Gasteiger partial charge >= 0.3 is 0 Å². The average molecular weight is 443 g/mol. The second-order valence-electron chi connectivity index (χ2n) is 7.25. The van der Waals surface area contributed by atoms with E-state index in [9.17, 15) is 0 Å². The maximum atomic E-state index is 5.47. The number of piperazine rings is 1. The summed E-state index contributed by atoms with van der Waals surface area (Å²) >= 11 is 0. The molecule has 0 unspecified atom stereocenters. The van der Waals surface area contributed by atoms with E-state index in [-0.39, 0.29) is 24.8 Å². The molecule has 0 amide bonds. The lowest BCUT2D eigenvalue weighted by atomic mass is 10.1. The van der Waals surface area contributed by atoms with Gasteiger partial charge in [-0.1, -0.05) is 17.7 Å². The minimum atomic E-state index is 0. The van der Waals surface area contributed by atoms with E-state index in [1.807, 2.05) is 0 Å². The third-order valence-corrected chi connectivity index (χ3v) is 5.51. The van der Waals surface area contributed by atoms with Crippen LogP contribution in [0.1, 0.15) is 11.1 Å². The Bertz CT molecular complexity index is 723. The Morgan fingerprint density at radius 3 is 1.83 bits per heavy atom. The van der Waals surface area contributed by atoms with Crippen LogP contribution in [0.4, 0.5) is 5.69 Å². The summed E-state index contributed by atoms with van der Waals surface area (Å²) in [5, 5.41) is 0. The van der Waals surface area contributed by atoms with Crippen LogP contribution in [0.3, 0.4) is 0 Å². The van der Waals surface area contributed by atoms with Crippen molar-refractivity contribution in [1.29, 1.82) is 0 Å². The van der Waals surface area contributed by atoms with Gasteiger partial charge in [-0.05, 0) is 36.8 Å². The van der Waals surface area contributed by atoms with Gasteiger partial charge < -0.3 is 43.9 Å². The molecule has 1 aliphatic heterocycles. The van der Waals surface area contributed by atoms with E-state index in [4.69, 9.17) is 14.2 Å². The first-order valence-corrected chi connectivity index (χ1v) is 9.68. The summed E-state index contributed by atoms with van der Waals surface area (Å²) in [4.78, 5) is 3.27. The van der Waals surface area contributed by atoms with Crippen molar-refractivity contribution in [3.05, 3.63) is 47.5 Å². The van der Waals surface area contributed by atoms with Gasteiger partial charge in [0.2, 0.25) is 5.75 Å². The molecule has 1 aliphatic rings. The second kappa shape index (κ2) is 12.1. The highest BCUT2D eigenvalue weighted by molar-refractivity contribution is 5.53. The molecule has 2 aromatic rings. The molecule has 1 heterocycles. The zero-order valence-corrected chi connectivity index (χ0v) is 19.2.